The zero-order valence-electron chi connectivity index (χ0n) is 9.51. The molecule has 0 bridgehead atoms. The first kappa shape index (κ1) is 10.6. The SMILES string of the molecule is Cc1nc2nc[nH]c(=O)c2n1-c1ccc(F)cc1. The molecule has 2 aromatic heterocycles. The molecular formula is C12H9FN4O. The lowest BCUT2D eigenvalue weighted by molar-refractivity contribution is 0.627. The third-order valence-corrected chi connectivity index (χ3v) is 2.71. The van der Waals surface area contributed by atoms with Gasteiger partial charge in [0.2, 0.25) is 0 Å². The summed E-state index contributed by atoms with van der Waals surface area (Å²) in [5.41, 5.74) is 1.14. The highest BCUT2D eigenvalue weighted by atomic mass is 19.1. The summed E-state index contributed by atoms with van der Waals surface area (Å²) in [5, 5.41) is 0. The Balaban J connectivity index is 2.38. The molecule has 90 valence electrons. The quantitative estimate of drug-likeness (QED) is 0.706. The molecule has 0 amide bonds. The molecule has 0 saturated carbocycles. The fraction of sp³-hybridized carbons (Fsp3) is 0.0833. The maximum absolute atomic E-state index is 12.9. The minimum Gasteiger partial charge on any atom is -0.311 e. The Morgan fingerprint density at radius 1 is 1.28 bits per heavy atom. The van der Waals surface area contributed by atoms with Crippen molar-refractivity contribution in [1.82, 2.24) is 19.5 Å². The first-order valence-electron chi connectivity index (χ1n) is 5.35. The van der Waals surface area contributed by atoms with Gasteiger partial charge in [-0.05, 0) is 31.2 Å². The number of imidazole rings is 1. The van der Waals surface area contributed by atoms with Crippen LogP contribution in [0.2, 0.25) is 0 Å². The molecule has 2 heterocycles. The summed E-state index contributed by atoms with van der Waals surface area (Å²) < 4.78 is 14.6. The molecule has 1 aromatic carbocycles. The average molecular weight is 244 g/mol. The molecule has 1 N–H and O–H groups in total. The van der Waals surface area contributed by atoms with Gasteiger partial charge in [0.15, 0.2) is 11.2 Å². The molecular weight excluding hydrogens is 235 g/mol. The van der Waals surface area contributed by atoms with Gasteiger partial charge in [-0.15, -0.1) is 0 Å². The second-order valence-electron chi connectivity index (χ2n) is 3.87. The Morgan fingerprint density at radius 2 is 2.00 bits per heavy atom. The lowest BCUT2D eigenvalue weighted by Gasteiger charge is -2.05. The van der Waals surface area contributed by atoms with E-state index in [0.29, 0.717) is 22.7 Å². The Hall–Kier alpha value is -2.50. The highest BCUT2D eigenvalue weighted by Crippen LogP contribution is 2.17. The van der Waals surface area contributed by atoms with Gasteiger partial charge in [0.1, 0.15) is 11.6 Å². The Morgan fingerprint density at radius 3 is 2.72 bits per heavy atom. The van der Waals surface area contributed by atoms with Crippen LogP contribution in [0.15, 0.2) is 35.4 Å². The molecule has 0 saturated heterocycles. The van der Waals surface area contributed by atoms with E-state index in [9.17, 15) is 9.18 Å². The van der Waals surface area contributed by atoms with Gasteiger partial charge in [0.25, 0.3) is 5.56 Å². The smallest absolute Gasteiger partial charge is 0.277 e. The molecule has 18 heavy (non-hydrogen) atoms. The maximum atomic E-state index is 12.9. The summed E-state index contributed by atoms with van der Waals surface area (Å²) in [5.74, 6) is 0.300. The number of nitrogens with one attached hydrogen (secondary N) is 1. The monoisotopic (exact) mass is 244 g/mol. The van der Waals surface area contributed by atoms with Gasteiger partial charge >= 0.3 is 0 Å². The molecule has 5 nitrogen and oxygen atoms in total. The predicted molar refractivity (Wildman–Crippen MR) is 64.2 cm³/mol. The van der Waals surface area contributed by atoms with Gasteiger partial charge in [0, 0.05) is 5.69 Å². The lowest BCUT2D eigenvalue weighted by Crippen LogP contribution is -2.10. The summed E-state index contributed by atoms with van der Waals surface area (Å²) in [6.07, 6.45) is 1.31. The van der Waals surface area contributed by atoms with Crippen molar-refractivity contribution in [3.8, 4) is 5.69 Å². The topological polar surface area (TPSA) is 63.6 Å². The van der Waals surface area contributed by atoms with Crippen molar-refractivity contribution in [2.24, 2.45) is 0 Å². The zero-order valence-corrected chi connectivity index (χ0v) is 9.51. The molecule has 3 aromatic rings. The van der Waals surface area contributed by atoms with Gasteiger partial charge in [-0.1, -0.05) is 0 Å². The summed E-state index contributed by atoms with van der Waals surface area (Å²) in [6.45, 7) is 1.77. The summed E-state index contributed by atoms with van der Waals surface area (Å²) in [6, 6.07) is 5.86. The van der Waals surface area contributed by atoms with E-state index >= 15 is 0 Å². The number of rotatable bonds is 1. The van der Waals surface area contributed by atoms with E-state index < -0.39 is 0 Å². The molecule has 6 heteroatoms. The van der Waals surface area contributed by atoms with Crippen LogP contribution in [0.5, 0.6) is 0 Å². The van der Waals surface area contributed by atoms with E-state index in [1.807, 2.05) is 0 Å². The van der Waals surface area contributed by atoms with Crippen molar-refractivity contribution >= 4 is 11.2 Å². The number of benzene rings is 1. The van der Waals surface area contributed by atoms with Crippen LogP contribution in [0.3, 0.4) is 0 Å². The second kappa shape index (κ2) is 3.76. The first-order chi connectivity index (χ1) is 8.66. The molecule has 0 aliphatic carbocycles. The van der Waals surface area contributed by atoms with Crippen molar-refractivity contribution in [1.29, 1.82) is 0 Å². The highest BCUT2D eigenvalue weighted by molar-refractivity contribution is 5.72. The number of halogens is 1. The molecule has 0 spiro atoms. The molecule has 0 atom stereocenters. The minimum atomic E-state index is -0.326. The van der Waals surface area contributed by atoms with Crippen molar-refractivity contribution in [2.75, 3.05) is 0 Å². The summed E-state index contributed by atoms with van der Waals surface area (Å²) in [7, 11) is 0. The van der Waals surface area contributed by atoms with E-state index in [0.717, 1.165) is 0 Å². The van der Waals surface area contributed by atoms with Crippen molar-refractivity contribution in [3.63, 3.8) is 0 Å². The lowest BCUT2D eigenvalue weighted by atomic mass is 10.3. The highest BCUT2D eigenvalue weighted by Gasteiger charge is 2.13. The first-order valence-corrected chi connectivity index (χ1v) is 5.35. The Bertz CT molecular complexity index is 773. The number of aromatic amines is 1. The summed E-state index contributed by atoms with van der Waals surface area (Å²) >= 11 is 0. The molecule has 0 aliphatic rings. The van der Waals surface area contributed by atoms with Crippen LogP contribution >= 0.6 is 0 Å². The number of H-pyrrole nitrogens is 1. The third kappa shape index (κ3) is 1.50. The number of nitrogens with zero attached hydrogens (tertiary/aromatic N) is 3. The van der Waals surface area contributed by atoms with E-state index in [1.54, 1.807) is 23.6 Å². The Kier molecular flexibility index (Phi) is 2.22. The number of hydrogen-bond donors (Lipinski definition) is 1. The summed E-state index contributed by atoms with van der Waals surface area (Å²) in [4.78, 5) is 22.5. The standard InChI is InChI=1S/C12H9FN4O/c1-7-16-11-10(12(18)15-6-14-11)17(7)9-4-2-8(13)3-5-9/h2-6H,1H3,(H,14,15,18). The van der Waals surface area contributed by atoms with Crippen LogP contribution in [0.1, 0.15) is 5.82 Å². The van der Waals surface area contributed by atoms with Crippen LogP contribution in [-0.4, -0.2) is 19.5 Å². The molecule has 0 unspecified atom stereocenters. The Labute approximate surface area is 101 Å². The van der Waals surface area contributed by atoms with Gasteiger partial charge in [-0.2, -0.15) is 0 Å². The van der Waals surface area contributed by atoms with Gasteiger partial charge in [-0.25, -0.2) is 14.4 Å². The molecule has 0 aliphatic heterocycles. The third-order valence-electron chi connectivity index (χ3n) is 2.71. The maximum Gasteiger partial charge on any atom is 0.277 e. The fourth-order valence-corrected chi connectivity index (χ4v) is 1.94. The largest absolute Gasteiger partial charge is 0.311 e. The van der Waals surface area contributed by atoms with Crippen LogP contribution in [0.25, 0.3) is 16.9 Å². The molecule has 0 radical (unpaired) electrons. The minimum absolute atomic E-state index is 0.273. The van der Waals surface area contributed by atoms with Crippen LogP contribution < -0.4 is 5.56 Å². The number of hydrogen-bond acceptors (Lipinski definition) is 3. The van der Waals surface area contributed by atoms with E-state index in [4.69, 9.17) is 0 Å². The van der Waals surface area contributed by atoms with Gasteiger partial charge in [0.05, 0.1) is 6.33 Å². The second-order valence-corrected chi connectivity index (χ2v) is 3.87. The van der Waals surface area contributed by atoms with Gasteiger partial charge < -0.3 is 4.98 Å². The number of aromatic nitrogens is 4. The zero-order chi connectivity index (χ0) is 12.7. The van der Waals surface area contributed by atoms with Crippen LogP contribution in [-0.2, 0) is 0 Å². The molecule has 0 fully saturated rings. The van der Waals surface area contributed by atoms with Gasteiger partial charge in [-0.3, -0.25) is 9.36 Å². The average Bonchev–Trinajstić information content (AvgIpc) is 2.68. The fourth-order valence-electron chi connectivity index (χ4n) is 1.94. The number of aryl methyl sites for hydroxylation is 1. The molecule has 3 rings (SSSR count). The number of fused-ring (bicyclic) bond motifs is 1. The predicted octanol–water partition coefficient (Wildman–Crippen LogP) is 1.56. The van der Waals surface area contributed by atoms with E-state index in [1.165, 1.54) is 18.5 Å². The van der Waals surface area contributed by atoms with Crippen LogP contribution in [0.4, 0.5) is 4.39 Å². The van der Waals surface area contributed by atoms with Crippen molar-refractivity contribution in [2.45, 2.75) is 6.92 Å². The van der Waals surface area contributed by atoms with E-state index in [-0.39, 0.29) is 11.4 Å². The van der Waals surface area contributed by atoms with Crippen molar-refractivity contribution < 1.29 is 4.39 Å². The van der Waals surface area contributed by atoms with E-state index in [2.05, 4.69) is 15.0 Å². The van der Waals surface area contributed by atoms with Crippen molar-refractivity contribution in [3.05, 3.63) is 52.6 Å². The van der Waals surface area contributed by atoms with Crippen LogP contribution in [0, 0.1) is 12.7 Å². The normalized spacial score (nSPS) is 11.0.